The first-order chi connectivity index (χ1) is 16.6. The molecule has 0 bridgehead atoms. The van der Waals surface area contributed by atoms with Crippen molar-refractivity contribution >= 4 is 40.7 Å². The number of hydrogen-bond acceptors (Lipinski definition) is 4. The molecule has 0 radical (unpaired) electrons. The molecule has 0 saturated carbocycles. The van der Waals surface area contributed by atoms with E-state index in [9.17, 15) is 27.6 Å². The number of anilines is 2. The molecule has 35 heavy (non-hydrogen) atoms. The molecular weight excluding hydrogens is 483 g/mol. The van der Waals surface area contributed by atoms with Crippen LogP contribution in [0, 0.1) is 0 Å². The summed E-state index contributed by atoms with van der Waals surface area (Å²) in [5.41, 5.74) is 0.350. The lowest BCUT2D eigenvalue weighted by Gasteiger charge is -2.15. The standard InChI is InChI=1S/C25H17ClF3N3O3/c26-20-21(24(35)32(23(20)34)14-15-5-2-1-3-6-15)30-18-11-9-16(10-12-18)22(33)31-19-8-4-7-17(13-19)25(27,28)29/h1-13,30H,14H2,(H,31,33). The average molecular weight is 500 g/mol. The molecule has 0 atom stereocenters. The van der Waals surface area contributed by atoms with Crippen molar-refractivity contribution in [2.24, 2.45) is 0 Å². The molecule has 178 valence electrons. The highest BCUT2D eigenvalue weighted by molar-refractivity contribution is 6.48. The first-order valence-electron chi connectivity index (χ1n) is 10.3. The Morgan fingerprint density at radius 3 is 2.20 bits per heavy atom. The number of carbonyl (C=O) groups is 3. The minimum Gasteiger partial charge on any atom is -0.350 e. The molecule has 0 aromatic heterocycles. The highest BCUT2D eigenvalue weighted by Gasteiger charge is 2.37. The van der Waals surface area contributed by atoms with Crippen molar-refractivity contribution < 1.29 is 27.6 Å². The van der Waals surface area contributed by atoms with Crippen molar-refractivity contribution in [3.8, 4) is 0 Å². The molecule has 3 amide bonds. The van der Waals surface area contributed by atoms with Crippen molar-refractivity contribution in [3.05, 3.63) is 106 Å². The minimum atomic E-state index is -4.53. The molecule has 3 aromatic carbocycles. The number of hydrogen-bond donors (Lipinski definition) is 2. The van der Waals surface area contributed by atoms with Crippen LogP contribution in [0.2, 0.25) is 0 Å². The number of benzene rings is 3. The van der Waals surface area contributed by atoms with Crippen molar-refractivity contribution in [2.75, 3.05) is 10.6 Å². The van der Waals surface area contributed by atoms with Crippen LogP contribution in [0.15, 0.2) is 89.6 Å². The molecule has 1 aliphatic heterocycles. The first-order valence-corrected chi connectivity index (χ1v) is 10.7. The molecule has 0 aliphatic carbocycles. The van der Waals surface area contributed by atoms with Crippen molar-refractivity contribution in [1.82, 2.24) is 4.90 Å². The zero-order valence-corrected chi connectivity index (χ0v) is 18.7. The summed E-state index contributed by atoms with van der Waals surface area (Å²) in [4.78, 5) is 38.7. The van der Waals surface area contributed by atoms with Crippen LogP contribution in [0.5, 0.6) is 0 Å². The van der Waals surface area contributed by atoms with Gasteiger partial charge < -0.3 is 10.6 Å². The number of nitrogens with zero attached hydrogens (tertiary/aromatic N) is 1. The maximum Gasteiger partial charge on any atom is 0.416 e. The van der Waals surface area contributed by atoms with Gasteiger partial charge in [-0.2, -0.15) is 13.2 Å². The summed E-state index contributed by atoms with van der Waals surface area (Å²) < 4.78 is 38.6. The maximum absolute atomic E-state index is 12.9. The zero-order valence-electron chi connectivity index (χ0n) is 17.9. The van der Waals surface area contributed by atoms with E-state index in [-0.39, 0.29) is 28.5 Å². The Bertz CT molecular complexity index is 1320. The molecule has 1 aliphatic rings. The topological polar surface area (TPSA) is 78.5 Å². The van der Waals surface area contributed by atoms with E-state index in [0.29, 0.717) is 5.69 Å². The Hall–Kier alpha value is -4.11. The summed E-state index contributed by atoms with van der Waals surface area (Å²) in [6.07, 6.45) is -4.53. The number of rotatable bonds is 6. The van der Waals surface area contributed by atoms with Gasteiger partial charge in [0.1, 0.15) is 10.7 Å². The van der Waals surface area contributed by atoms with E-state index in [4.69, 9.17) is 11.6 Å². The van der Waals surface area contributed by atoms with Gasteiger partial charge in [0, 0.05) is 16.9 Å². The van der Waals surface area contributed by atoms with E-state index < -0.39 is 29.5 Å². The fraction of sp³-hybridized carbons (Fsp3) is 0.0800. The SMILES string of the molecule is O=C(Nc1cccc(C(F)(F)F)c1)c1ccc(NC2=C(Cl)C(=O)N(Cc3ccccc3)C2=O)cc1. The van der Waals surface area contributed by atoms with Gasteiger partial charge in [-0.05, 0) is 48.0 Å². The summed E-state index contributed by atoms with van der Waals surface area (Å²) >= 11 is 6.11. The highest BCUT2D eigenvalue weighted by Crippen LogP contribution is 2.31. The highest BCUT2D eigenvalue weighted by atomic mass is 35.5. The van der Waals surface area contributed by atoms with E-state index in [1.165, 1.54) is 36.4 Å². The number of alkyl halides is 3. The molecule has 6 nitrogen and oxygen atoms in total. The fourth-order valence-corrected chi connectivity index (χ4v) is 3.62. The Balaban J connectivity index is 1.43. The maximum atomic E-state index is 12.9. The monoisotopic (exact) mass is 499 g/mol. The molecule has 0 spiro atoms. The quantitative estimate of drug-likeness (QED) is 0.446. The predicted octanol–water partition coefficient (Wildman–Crippen LogP) is 5.39. The van der Waals surface area contributed by atoms with Crippen LogP contribution in [-0.2, 0) is 22.3 Å². The molecule has 0 unspecified atom stereocenters. The third-order valence-electron chi connectivity index (χ3n) is 5.16. The van der Waals surface area contributed by atoms with Crippen LogP contribution in [0.25, 0.3) is 0 Å². The first kappa shape index (κ1) is 24.0. The number of imide groups is 1. The van der Waals surface area contributed by atoms with E-state index in [1.807, 2.05) is 6.07 Å². The summed E-state index contributed by atoms with van der Waals surface area (Å²) in [5.74, 6) is -1.83. The number of carbonyl (C=O) groups excluding carboxylic acids is 3. The second-order valence-corrected chi connectivity index (χ2v) is 7.98. The van der Waals surface area contributed by atoms with Gasteiger partial charge in [0.25, 0.3) is 17.7 Å². The fourth-order valence-electron chi connectivity index (χ4n) is 3.39. The molecule has 3 aromatic rings. The van der Waals surface area contributed by atoms with Gasteiger partial charge in [-0.25, -0.2) is 0 Å². The largest absolute Gasteiger partial charge is 0.416 e. The predicted molar refractivity (Wildman–Crippen MR) is 124 cm³/mol. The molecule has 0 fully saturated rings. The Morgan fingerprint density at radius 2 is 1.54 bits per heavy atom. The summed E-state index contributed by atoms with van der Waals surface area (Å²) in [6, 6.07) is 19.1. The van der Waals surface area contributed by atoms with E-state index in [2.05, 4.69) is 10.6 Å². The molecule has 0 saturated heterocycles. The van der Waals surface area contributed by atoms with Gasteiger partial charge in [0.05, 0.1) is 12.1 Å². The Kier molecular flexibility index (Phi) is 6.61. The van der Waals surface area contributed by atoms with Gasteiger partial charge in [-0.1, -0.05) is 48.0 Å². The smallest absolute Gasteiger partial charge is 0.350 e. The van der Waals surface area contributed by atoms with E-state index >= 15 is 0 Å². The van der Waals surface area contributed by atoms with Gasteiger partial charge in [0.2, 0.25) is 0 Å². The van der Waals surface area contributed by atoms with Crippen LogP contribution >= 0.6 is 11.6 Å². The number of nitrogens with one attached hydrogen (secondary N) is 2. The van der Waals surface area contributed by atoms with Gasteiger partial charge in [-0.3, -0.25) is 19.3 Å². The third kappa shape index (κ3) is 5.36. The Labute approximate surface area is 203 Å². The Morgan fingerprint density at radius 1 is 0.857 bits per heavy atom. The van der Waals surface area contributed by atoms with Crippen molar-refractivity contribution in [2.45, 2.75) is 12.7 Å². The molecule has 2 N–H and O–H groups in total. The second-order valence-electron chi connectivity index (χ2n) is 7.61. The summed E-state index contributed by atoms with van der Waals surface area (Å²) in [7, 11) is 0. The lowest BCUT2D eigenvalue weighted by Crippen LogP contribution is -2.31. The lowest BCUT2D eigenvalue weighted by molar-refractivity contribution is -0.138. The average Bonchev–Trinajstić information content (AvgIpc) is 3.03. The molecule has 1 heterocycles. The van der Waals surface area contributed by atoms with E-state index in [1.54, 1.807) is 24.3 Å². The van der Waals surface area contributed by atoms with Crippen LogP contribution in [0.1, 0.15) is 21.5 Å². The van der Waals surface area contributed by atoms with Crippen LogP contribution in [0.3, 0.4) is 0 Å². The summed E-state index contributed by atoms with van der Waals surface area (Å²) in [5, 5.41) is 4.97. The van der Waals surface area contributed by atoms with Crippen molar-refractivity contribution in [3.63, 3.8) is 0 Å². The zero-order chi connectivity index (χ0) is 25.2. The van der Waals surface area contributed by atoms with Crippen LogP contribution < -0.4 is 10.6 Å². The minimum absolute atomic E-state index is 0.00228. The molecule has 10 heteroatoms. The van der Waals surface area contributed by atoms with Gasteiger partial charge in [0.15, 0.2) is 0 Å². The van der Waals surface area contributed by atoms with Crippen LogP contribution in [0.4, 0.5) is 24.5 Å². The second kappa shape index (κ2) is 9.63. The summed E-state index contributed by atoms with van der Waals surface area (Å²) in [6.45, 7) is 0.0640. The molecule has 4 rings (SSSR count). The number of amides is 3. The molecular formula is C25H17ClF3N3O3. The van der Waals surface area contributed by atoms with Gasteiger partial charge >= 0.3 is 6.18 Å². The third-order valence-corrected chi connectivity index (χ3v) is 5.51. The van der Waals surface area contributed by atoms with Crippen molar-refractivity contribution in [1.29, 1.82) is 0 Å². The van der Waals surface area contributed by atoms with E-state index in [0.717, 1.165) is 22.6 Å². The van der Waals surface area contributed by atoms with Gasteiger partial charge in [-0.15, -0.1) is 0 Å². The van der Waals surface area contributed by atoms with Crippen LogP contribution in [-0.4, -0.2) is 22.6 Å². The normalized spacial score (nSPS) is 13.9. The number of halogens is 4. The lowest BCUT2D eigenvalue weighted by atomic mass is 10.1.